The summed E-state index contributed by atoms with van der Waals surface area (Å²) >= 11 is 1.28. The highest BCUT2D eigenvalue weighted by Gasteiger charge is 1.97. The maximum atomic E-state index is 7.14. The molecule has 0 saturated carbocycles. The van der Waals surface area contributed by atoms with Gasteiger partial charge in [-0.3, -0.25) is 5.41 Å². The van der Waals surface area contributed by atoms with Gasteiger partial charge in [0.05, 0.1) is 7.11 Å². The van der Waals surface area contributed by atoms with Gasteiger partial charge >= 0.3 is 0 Å². The Kier molecular flexibility index (Phi) is 2.39. The zero-order valence-electron chi connectivity index (χ0n) is 5.55. The average molecular weight is 156 g/mol. The second kappa shape index (κ2) is 3.31. The van der Waals surface area contributed by atoms with E-state index in [1.807, 2.05) is 18.5 Å². The molecule has 0 fully saturated rings. The van der Waals surface area contributed by atoms with E-state index in [1.165, 1.54) is 18.9 Å². The van der Waals surface area contributed by atoms with Gasteiger partial charge in [-0.2, -0.15) is 0 Å². The van der Waals surface area contributed by atoms with Crippen LogP contribution in [0.5, 0.6) is 0 Å². The van der Waals surface area contributed by atoms with Gasteiger partial charge in [0, 0.05) is 17.3 Å². The standard InChI is InChI=1S/C6H8N2OS/c1-9-6(7)10-5-2-3-8-4-5/h2-4,7-8H,1H3. The first-order chi connectivity index (χ1) is 4.83. The number of hydrogen-bond acceptors (Lipinski definition) is 3. The molecule has 54 valence electrons. The summed E-state index contributed by atoms with van der Waals surface area (Å²) in [7, 11) is 1.49. The van der Waals surface area contributed by atoms with Gasteiger partial charge in [-0.05, 0) is 17.8 Å². The minimum atomic E-state index is 0.208. The molecular formula is C6H8N2OS. The Morgan fingerprint density at radius 3 is 3.10 bits per heavy atom. The van der Waals surface area contributed by atoms with Crippen LogP contribution >= 0.6 is 11.8 Å². The van der Waals surface area contributed by atoms with E-state index in [-0.39, 0.29) is 5.23 Å². The molecule has 0 aromatic carbocycles. The zero-order chi connectivity index (χ0) is 7.40. The van der Waals surface area contributed by atoms with Gasteiger partial charge in [0.1, 0.15) is 0 Å². The van der Waals surface area contributed by atoms with Crippen LogP contribution in [0, 0.1) is 5.41 Å². The molecule has 0 unspecified atom stereocenters. The zero-order valence-corrected chi connectivity index (χ0v) is 6.37. The Morgan fingerprint density at radius 1 is 1.80 bits per heavy atom. The maximum absolute atomic E-state index is 7.14. The van der Waals surface area contributed by atoms with Crippen LogP contribution in [0.1, 0.15) is 0 Å². The molecule has 3 nitrogen and oxygen atoms in total. The second-order valence-electron chi connectivity index (χ2n) is 1.64. The van der Waals surface area contributed by atoms with Gasteiger partial charge < -0.3 is 9.72 Å². The molecular weight excluding hydrogens is 148 g/mol. The lowest BCUT2D eigenvalue weighted by atomic mass is 10.7. The van der Waals surface area contributed by atoms with Crippen molar-refractivity contribution in [1.29, 1.82) is 5.41 Å². The van der Waals surface area contributed by atoms with Crippen LogP contribution in [0.15, 0.2) is 23.4 Å². The molecule has 1 heterocycles. The summed E-state index contributed by atoms with van der Waals surface area (Å²) in [5, 5.41) is 7.35. The SMILES string of the molecule is COC(=N)Sc1cc[nH]c1. The third kappa shape index (κ3) is 1.80. The van der Waals surface area contributed by atoms with Crippen LogP contribution in [-0.4, -0.2) is 17.3 Å². The fourth-order valence-corrected chi connectivity index (χ4v) is 1.08. The number of aromatic nitrogens is 1. The van der Waals surface area contributed by atoms with Gasteiger partial charge in [0.25, 0.3) is 0 Å². The molecule has 10 heavy (non-hydrogen) atoms. The van der Waals surface area contributed by atoms with E-state index in [4.69, 9.17) is 5.41 Å². The van der Waals surface area contributed by atoms with E-state index in [9.17, 15) is 0 Å². The number of methoxy groups -OCH3 is 1. The second-order valence-corrected chi connectivity index (χ2v) is 2.69. The Morgan fingerprint density at radius 2 is 2.60 bits per heavy atom. The van der Waals surface area contributed by atoms with Crippen LogP contribution in [0.4, 0.5) is 0 Å². The summed E-state index contributed by atoms with van der Waals surface area (Å²) in [6.45, 7) is 0. The van der Waals surface area contributed by atoms with Crippen molar-refractivity contribution >= 4 is 17.0 Å². The first kappa shape index (κ1) is 7.21. The molecule has 4 heteroatoms. The lowest BCUT2D eigenvalue weighted by Gasteiger charge is -1.96. The smallest absolute Gasteiger partial charge is 0.247 e. The van der Waals surface area contributed by atoms with Crippen molar-refractivity contribution < 1.29 is 4.74 Å². The van der Waals surface area contributed by atoms with Gasteiger partial charge in [-0.25, -0.2) is 0 Å². The van der Waals surface area contributed by atoms with Crippen LogP contribution in [0.3, 0.4) is 0 Å². The van der Waals surface area contributed by atoms with Gasteiger partial charge in [-0.15, -0.1) is 0 Å². The van der Waals surface area contributed by atoms with Gasteiger partial charge in [0.15, 0.2) is 0 Å². The first-order valence-electron chi connectivity index (χ1n) is 2.76. The molecule has 1 aromatic heterocycles. The Hall–Kier alpha value is -0.900. The number of nitrogens with one attached hydrogen (secondary N) is 2. The van der Waals surface area contributed by atoms with Crippen molar-refractivity contribution in [2.24, 2.45) is 0 Å². The maximum Gasteiger partial charge on any atom is 0.247 e. The molecule has 2 N–H and O–H groups in total. The number of ether oxygens (including phenoxy) is 1. The Bertz CT molecular complexity index is 208. The van der Waals surface area contributed by atoms with Crippen molar-refractivity contribution in [3.05, 3.63) is 18.5 Å². The predicted octanol–water partition coefficient (Wildman–Crippen LogP) is 1.69. The van der Waals surface area contributed by atoms with E-state index in [1.54, 1.807) is 0 Å². The van der Waals surface area contributed by atoms with E-state index < -0.39 is 0 Å². The number of thioether (sulfide) groups is 1. The highest BCUT2D eigenvalue weighted by atomic mass is 32.2. The summed E-state index contributed by atoms with van der Waals surface area (Å²) in [5.74, 6) is 0. The fraction of sp³-hybridized carbons (Fsp3) is 0.167. The third-order valence-corrected chi connectivity index (χ3v) is 1.81. The van der Waals surface area contributed by atoms with Crippen LogP contribution in [0.25, 0.3) is 0 Å². The molecule has 0 atom stereocenters. The number of H-pyrrole nitrogens is 1. The minimum Gasteiger partial charge on any atom is -0.476 e. The number of aromatic amines is 1. The molecule has 1 rings (SSSR count). The van der Waals surface area contributed by atoms with Gasteiger partial charge in [-0.1, -0.05) is 0 Å². The topological polar surface area (TPSA) is 48.9 Å². The van der Waals surface area contributed by atoms with Crippen molar-refractivity contribution in [2.75, 3.05) is 7.11 Å². The summed E-state index contributed by atoms with van der Waals surface area (Å²) in [6.07, 6.45) is 3.63. The molecule has 0 saturated heterocycles. The van der Waals surface area contributed by atoms with E-state index in [2.05, 4.69) is 9.72 Å². The molecule has 0 aliphatic heterocycles. The van der Waals surface area contributed by atoms with Crippen LogP contribution < -0.4 is 0 Å². The molecule has 0 amide bonds. The van der Waals surface area contributed by atoms with E-state index >= 15 is 0 Å². The average Bonchev–Trinajstić information content (AvgIpc) is 2.40. The molecule has 1 aromatic rings. The van der Waals surface area contributed by atoms with Crippen molar-refractivity contribution in [3.63, 3.8) is 0 Å². The van der Waals surface area contributed by atoms with Gasteiger partial charge in [0.2, 0.25) is 5.23 Å². The largest absolute Gasteiger partial charge is 0.476 e. The normalized spacial score (nSPS) is 9.30. The predicted molar refractivity (Wildman–Crippen MR) is 41.4 cm³/mol. The third-order valence-electron chi connectivity index (χ3n) is 0.965. The summed E-state index contributed by atoms with van der Waals surface area (Å²) in [6, 6.07) is 1.89. The monoisotopic (exact) mass is 156 g/mol. The van der Waals surface area contributed by atoms with Crippen molar-refractivity contribution in [2.45, 2.75) is 4.90 Å². The molecule has 0 radical (unpaired) electrons. The lowest BCUT2D eigenvalue weighted by Crippen LogP contribution is -1.89. The van der Waals surface area contributed by atoms with E-state index in [0.29, 0.717) is 0 Å². The van der Waals surface area contributed by atoms with Crippen molar-refractivity contribution in [3.8, 4) is 0 Å². The molecule has 0 aliphatic carbocycles. The summed E-state index contributed by atoms with van der Waals surface area (Å²) in [4.78, 5) is 3.88. The quantitative estimate of drug-likeness (QED) is 0.369. The number of hydrogen-bond donors (Lipinski definition) is 2. The Balaban J connectivity index is 2.48. The molecule has 0 spiro atoms. The van der Waals surface area contributed by atoms with E-state index in [0.717, 1.165) is 4.90 Å². The van der Waals surface area contributed by atoms with Crippen LogP contribution in [-0.2, 0) is 4.74 Å². The fourth-order valence-electron chi connectivity index (χ4n) is 0.521. The lowest BCUT2D eigenvalue weighted by molar-refractivity contribution is 0.413. The first-order valence-corrected chi connectivity index (χ1v) is 3.58. The summed E-state index contributed by atoms with van der Waals surface area (Å²) < 4.78 is 4.66. The highest BCUT2D eigenvalue weighted by Crippen LogP contribution is 2.17. The minimum absolute atomic E-state index is 0.208. The van der Waals surface area contributed by atoms with Crippen molar-refractivity contribution in [1.82, 2.24) is 4.98 Å². The molecule has 0 aliphatic rings. The van der Waals surface area contributed by atoms with Crippen LogP contribution in [0.2, 0.25) is 0 Å². The summed E-state index contributed by atoms with van der Waals surface area (Å²) in [5.41, 5.74) is 0. The highest BCUT2D eigenvalue weighted by molar-refractivity contribution is 8.13. The Labute approximate surface area is 63.3 Å². The molecule has 0 bridgehead atoms. The number of rotatable bonds is 1.